The first kappa shape index (κ1) is 51.3. The Morgan fingerprint density at radius 1 is 0.491 bits per heavy atom. The fourth-order valence-electron chi connectivity index (χ4n) is 6.95. The normalized spacial score (nSPS) is 12.8. The van der Waals surface area contributed by atoms with Crippen LogP contribution < -0.4 is 5.11 Å². The van der Waals surface area contributed by atoms with Crippen LogP contribution in [0.5, 0.6) is 0 Å². The third-order valence-electron chi connectivity index (χ3n) is 10.5. The van der Waals surface area contributed by atoms with Gasteiger partial charge in [0.1, 0.15) is 12.6 Å². The van der Waals surface area contributed by atoms with Crippen LogP contribution in [0.1, 0.15) is 219 Å². The van der Waals surface area contributed by atoms with Crippen molar-refractivity contribution in [1.29, 1.82) is 0 Å². The zero-order valence-electron chi connectivity index (χ0n) is 35.7. The average molecular weight is 754 g/mol. The Hall–Kier alpha value is -1.67. The van der Waals surface area contributed by atoms with E-state index in [9.17, 15) is 19.5 Å². The Morgan fingerprint density at radius 2 is 0.830 bits per heavy atom. The van der Waals surface area contributed by atoms with Gasteiger partial charge in [-0.3, -0.25) is 9.59 Å². The molecule has 0 aliphatic heterocycles. The first-order chi connectivity index (χ1) is 25.6. The lowest BCUT2D eigenvalue weighted by molar-refractivity contribution is -0.889. The molecule has 0 spiro atoms. The summed E-state index contributed by atoms with van der Waals surface area (Å²) in [4.78, 5) is 36.5. The highest BCUT2D eigenvalue weighted by Gasteiger charge is 2.25. The number of esters is 2. The van der Waals surface area contributed by atoms with Crippen molar-refractivity contribution in [3.8, 4) is 0 Å². The predicted octanol–water partition coefficient (Wildman–Crippen LogP) is 10.8. The summed E-state index contributed by atoms with van der Waals surface area (Å²) in [5.74, 6) is -1.73. The van der Waals surface area contributed by atoms with E-state index in [-0.39, 0.29) is 42.7 Å². The van der Waals surface area contributed by atoms with Gasteiger partial charge in [0.25, 0.3) is 0 Å². The number of ether oxygens (including phenoxy) is 3. The molecule has 0 saturated heterocycles. The van der Waals surface area contributed by atoms with Crippen molar-refractivity contribution in [3.05, 3.63) is 0 Å². The van der Waals surface area contributed by atoms with Crippen molar-refractivity contribution >= 4 is 17.9 Å². The maximum absolute atomic E-state index is 12.6. The van der Waals surface area contributed by atoms with E-state index in [1.807, 2.05) is 0 Å². The Kier molecular flexibility index (Phi) is 36.1. The molecule has 314 valence electrons. The Balaban J connectivity index is 3.98. The quantitative estimate of drug-likeness (QED) is 0.0348. The Morgan fingerprint density at radius 3 is 1.17 bits per heavy atom. The smallest absolute Gasteiger partial charge is 0.306 e. The van der Waals surface area contributed by atoms with Crippen LogP contribution in [-0.4, -0.2) is 75.5 Å². The van der Waals surface area contributed by atoms with E-state index in [1.165, 1.54) is 135 Å². The monoisotopic (exact) mass is 754 g/mol. The van der Waals surface area contributed by atoms with Crippen molar-refractivity contribution in [1.82, 2.24) is 0 Å². The molecule has 0 rings (SSSR count). The standard InChI is InChI=1S/C45H87NO7/c1-6-8-10-12-13-14-15-16-17-18-19-20-21-22-23-24-25-26-27-28-29-30-32-34-36-44(48)53-41(40-52-43(47)35-33-31-11-9-7-2)39-51-38-37-42(45(49)50)46(3,4)5/h41-42H,6-40H2,1-5H3. The summed E-state index contributed by atoms with van der Waals surface area (Å²) >= 11 is 0. The van der Waals surface area contributed by atoms with Crippen LogP contribution in [0.2, 0.25) is 0 Å². The van der Waals surface area contributed by atoms with Gasteiger partial charge in [0.2, 0.25) is 0 Å². The van der Waals surface area contributed by atoms with Gasteiger partial charge in [-0.05, 0) is 12.8 Å². The lowest BCUT2D eigenvalue weighted by atomic mass is 10.0. The molecule has 0 fully saturated rings. The number of carbonyl (C=O) groups excluding carboxylic acids is 3. The third-order valence-corrected chi connectivity index (χ3v) is 10.5. The molecule has 0 aliphatic rings. The minimum absolute atomic E-state index is 0.0475. The van der Waals surface area contributed by atoms with Crippen LogP contribution in [0, 0.1) is 0 Å². The van der Waals surface area contributed by atoms with E-state index in [2.05, 4.69) is 13.8 Å². The third kappa shape index (κ3) is 35.8. The molecule has 53 heavy (non-hydrogen) atoms. The number of hydrogen-bond acceptors (Lipinski definition) is 7. The van der Waals surface area contributed by atoms with Gasteiger partial charge in [-0.2, -0.15) is 0 Å². The zero-order chi connectivity index (χ0) is 39.3. The minimum Gasteiger partial charge on any atom is -0.544 e. The van der Waals surface area contributed by atoms with Crippen molar-refractivity contribution < 1.29 is 38.2 Å². The van der Waals surface area contributed by atoms with E-state index in [0.717, 1.165) is 51.4 Å². The lowest BCUT2D eigenvalue weighted by Gasteiger charge is -2.34. The molecule has 0 N–H and O–H groups in total. The summed E-state index contributed by atoms with van der Waals surface area (Å²) in [7, 11) is 5.40. The van der Waals surface area contributed by atoms with Gasteiger partial charge in [-0.25, -0.2) is 0 Å². The zero-order valence-corrected chi connectivity index (χ0v) is 35.7. The van der Waals surface area contributed by atoms with Gasteiger partial charge in [0.15, 0.2) is 6.10 Å². The van der Waals surface area contributed by atoms with Crippen LogP contribution in [0.3, 0.4) is 0 Å². The number of nitrogens with zero attached hydrogens (tertiary/aromatic N) is 1. The van der Waals surface area contributed by atoms with Crippen molar-refractivity contribution in [2.75, 3.05) is 41.0 Å². The first-order valence-electron chi connectivity index (χ1n) is 22.6. The summed E-state index contributed by atoms with van der Waals surface area (Å²) < 4.78 is 17.0. The van der Waals surface area contributed by atoms with E-state index in [0.29, 0.717) is 12.8 Å². The maximum Gasteiger partial charge on any atom is 0.306 e. The molecule has 0 heterocycles. The number of rotatable bonds is 41. The number of likely N-dealkylation sites (N-methyl/N-ethyl adjacent to an activating group) is 1. The highest BCUT2D eigenvalue weighted by Crippen LogP contribution is 2.16. The largest absolute Gasteiger partial charge is 0.544 e. The van der Waals surface area contributed by atoms with Gasteiger partial charge in [-0.15, -0.1) is 0 Å². The second-order valence-corrected chi connectivity index (χ2v) is 16.7. The average Bonchev–Trinajstić information content (AvgIpc) is 3.11. The molecular formula is C45H87NO7. The van der Waals surface area contributed by atoms with Crippen LogP contribution in [0.15, 0.2) is 0 Å². The SMILES string of the molecule is CCCCCCCCCCCCCCCCCCCCCCCCCCC(=O)OC(COCCC(C(=O)[O-])[N+](C)(C)C)COC(=O)CCCCCCC. The first-order valence-corrected chi connectivity index (χ1v) is 22.6. The number of carboxylic acid groups (broad SMARTS) is 1. The lowest BCUT2D eigenvalue weighted by Crippen LogP contribution is -2.55. The molecule has 8 heteroatoms. The molecule has 0 amide bonds. The molecule has 2 atom stereocenters. The van der Waals surface area contributed by atoms with Crippen LogP contribution in [0.25, 0.3) is 0 Å². The van der Waals surface area contributed by atoms with Crippen molar-refractivity contribution in [2.24, 2.45) is 0 Å². The predicted molar refractivity (Wildman–Crippen MR) is 218 cm³/mol. The van der Waals surface area contributed by atoms with E-state index < -0.39 is 18.1 Å². The van der Waals surface area contributed by atoms with Crippen molar-refractivity contribution in [2.45, 2.75) is 231 Å². The topological polar surface area (TPSA) is 102 Å². The van der Waals surface area contributed by atoms with E-state index in [4.69, 9.17) is 14.2 Å². The second kappa shape index (κ2) is 37.3. The fraction of sp³-hybridized carbons (Fsp3) is 0.933. The van der Waals surface area contributed by atoms with Crippen LogP contribution >= 0.6 is 0 Å². The van der Waals surface area contributed by atoms with Crippen molar-refractivity contribution in [3.63, 3.8) is 0 Å². The molecule has 0 aromatic heterocycles. The highest BCUT2D eigenvalue weighted by molar-refractivity contribution is 5.70. The summed E-state index contributed by atoms with van der Waals surface area (Å²) in [6.07, 6.45) is 37.5. The number of carboxylic acids is 1. The van der Waals surface area contributed by atoms with E-state index >= 15 is 0 Å². The van der Waals surface area contributed by atoms with Gasteiger partial charge in [0.05, 0.1) is 40.3 Å². The number of carbonyl (C=O) groups is 3. The summed E-state index contributed by atoms with van der Waals surface area (Å²) in [5.41, 5.74) is 0. The Labute approximate surface area is 327 Å². The highest BCUT2D eigenvalue weighted by atomic mass is 16.6. The number of unbranched alkanes of at least 4 members (excludes halogenated alkanes) is 27. The molecule has 2 unspecified atom stereocenters. The maximum atomic E-state index is 12.6. The molecule has 0 radical (unpaired) electrons. The molecule has 0 bridgehead atoms. The van der Waals surface area contributed by atoms with Gasteiger partial charge in [0, 0.05) is 19.3 Å². The van der Waals surface area contributed by atoms with Gasteiger partial charge in [-0.1, -0.05) is 187 Å². The van der Waals surface area contributed by atoms with Gasteiger partial charge >= 0.3 is 11.9 Å². The summed E-state index contributed by atoms with van der Waals surface area (Å²) in [6.45, 7) is 4.61. The van der Waals surface area contributed by atoms with Gasteiger partial charge < -0.3 is 28.6 Å². The second-order valence-electron chi connectivity index (χ2n) is 16.7. The molecule has 8 nitrogen and oxygen atoms in total. The fourth-order valence-corrected chi connectivity index (χ4v) is 6.95. The van der Waals surface area contributed by atoms with E-state index in [1.54, 1.807) is 21.1 Å². The molecule has 0 saturated carbocycles. The van der Waals surface area contributed by atoms with Crippen LogP contribution in [-0.2, 0) is 28.6 Å². The number of aliphatic carboxylic acids is 1. The summed E-state index contributed by atoms with van der Waals surface area (Å²) in [6, 6.07) is -0.717. The number of quaternary nitrogens is 1. The molecular weight excluding hydrogens is 666 g/mol. The molecule has 0 aliphatic carbocycles. The Bertz CT molecular complexity index is 843. The summed E-state index contributed by atoms with van der Waals surface area (Å²) in [5, 5.41) is 11.6. The molecule has 0 aromatic rings. The van der Waals surface area contributed by atoms with Crippen LogP contribution in [0.4, 0.5) is 0 Å². The minimum atomic E-state index is -1.12. The number of hydrogen-bond donors (Lipinski definition) is 0. The molecule has 0 aromatic carbocycles.